The summed E-state index contributed by atoms with van der Waals surface area (Å²) in [5, 5.41) is 5.58. The Labute approximate surface area is 205 Å². The first-order valence-electron chi connectivity index (χ1n) is 12.4. The highest BCUT2D eigenvalue weighted by atomic mass is 32.2. The Morgan fingerprint density at radius 3 is 2.26 bits per heavy atom. The predicted molar refractivity (Wildman–Crippen MR) is 134 cm³/mol. The van der Waals surface area contributed by atoms with Crippen LogP contribution in [-0.4, -0.2) is 96.9 Å². The van der Waals surface area contributed by atoms with E-state index in [9.17, 15) is 16.8 Å². The van der Waals surface area contributed by atoms with Gasteiger partial charge in [-0.05, 0) is 57.5 Å². The number of hydrogen-bond donors (Lipinski definition) is 1. The fourth-order valence-electron chi connectivity index (χ4n) is 5.31. The zero-order valence-electron chi connectivity index (χ0n) is 20.4. The van der Waals surface area contributed by atoms with Crippen LogP contribution >= 0.6 is 0 Å². The van der Waals surface area contributed by atoms with Crippen LogP contribution in [0.3, 0.4) is 0 Å². The summed E-state index contributed by atoms with van der Waals surface area (Å²) < 4.78 is 53.7. The van der Waals surface area contributed by atoms with E-state index in [2.05, 4.69) is 9.80 Å². The fourth-order valence-corrected chi connectivity index (χ4v) is 7.89. The lowest BCUT2D eigenvalue weighted by molar-refractivity contribution is 0.229. The molecule has 1 aromatic carbocycles. The van der Waals surface area contributed by atoms with Gasteiger partial charge >= 0.3 is 0 Å². The van der Waals surface area contributed by atoms with Gasteiger partial charge in [-0.15, -0.1) is 0 Å². The molecule has 4 rings (SSSR count). The zero-order valence-corrected chi connectivity index (χ0v) is 22.0. The highest BCUT2D eigenvalue weighted by Crippen LogP contribution is 2.37. The molecule has 3 aliphatic rings. The molecule has 0 radical (unpaired) electrons. The van der Waals surface area contributed by atoms with Crippen LogP contribution in [0.25, 0.3) is 0 Å². The Bertz CT molecular complexity index is 1060. The van der Waals surface area contributed by atoms with Crippen LogP contribution in [0.2, 0.25) is 0 Å². The van der Waals surface area contributed by atoms with Crippen molar-refractivity contribution in [1.82, 2.24) is 14.1 Å². The summed E-state index contributed by atoms with van der Waals surface area (Å²) >= 11 is 0. The van der Waals surface area contributed by atoms with Gasteiger partial charge in [0.25, 0.3) is 0 Å². The second-order valence-electron chi connectivity index (χ2n) is 10.3. The first kappa shape index (κ1) is 25.8. The number of sulfonamides is 2. The SMILES string of the molecule is CN(C)CCN1CCN(c2ccc(S(=O)(=O)N3CCCC3CC3CCC3)cc2S(N)(=O)=O)CC1. The maximum Gasteiger partial charge on any atom is 0.243 e. The summed E-state index contributed by atoms with van der Waals surface area (Å²) in [6, 6.07) is 4.45. The van der Waals surface area contributed by atoms with Crippen LogP contribution in [0.1, 0.15) is 38.5 Å². The second-order valence-corrected chi connectivity index (χ2v) is 13.7. The van der Waals surface area contributed by atoms with Crippen molar-refractivity contribution in [3.05, 3.63) is 18.2 Å². The topological polar surface area (TPSA) is 107 Å². The van der Waals surface area contributed by atoms with Crippen LogP contribution in [0.15, 0.2) is 28.0 Å². The molecule has 9 nitrogen and oxygen atoms in total. The molecule has 1 atom stereocenters. The third-order valence-electron chi connectivity index (χ3n) is 7.57. The number of benzene rings is 1. The van der Waals surface area contributed by atoms with Crippen LogP contribution < -0.4 is 10.0 Å². The van der Waals surface area contributed by atoms with E-state index < -0.39 is 20.0 Å². The molecule has 1 unspecified atom stereocenters. The first-order chi connectivity index (χ1) is 16.1. The highest BCUT2D eigenvalue weighted by Gasteiger charge is 2.38. The first-order valence-corrected chi connectivity index (χ1v) is 15.3. The number of likely N-dealkylation sites (N-methyl/N-ethyl adjacent to an activating group) is 1. The number of nitrogens with two attached hydrogens (primary N) is 1. The predicted octanol–water partition coefficient (Wildman–Crippen LogP) is 1.36. The average molecular weight is 514 g/mol. The van der Waals surface area contributed by atoms with Gasteiger partial charge in [0, 0.05) is 51.9 Å². The van der Waals surface area contributed by atoms with Crippen LogP contribution in [0.5, 0.6) is 0 Å². The Hall–Kier alpha value is -1.24. The minimum absolute atomic E-state index is 0.00292. The van der Waals surface area contributed by atoms with Crippen molar-refractivity contribution in [3.63, 3.8) is 0 Å². The molecule has 34 heavy (non-hydrogen) atoms. The highest BCUT2D eigenvalue weighted by molar-refractivity contribution is 7.90. The second kappa shape index (κ2) is 10.4. The van der Waals surface area contributed by atoms with E-state index in [1.54, 1.807) is 16.4 Å². The third-order valence-corrected chi connectivity index (χ3v) is 10.5. The standard InChI is InChI=1S/C23H39N5O4S2/c1-25(2)11-12-26-13-15-27(16-14-26)22-9-8-21(18-23(22)33(24,29)30)34(31,32)28-10-4-7-20(28)17-19-5-3-6-19/h8-9,18-20H,3-7,10-17H2,1-2H3,(H2,24,29,30). The summed E-state index contributed by atoms with van der Waals surface area (Å²) in [5.41, 5.74) is 0.487. The fraction of sp³-hybridized carbons (Fsp3) is 0.739. The molecule has 1 aromatic rings. The van der Waals surface area contributed by atoms with Crippen LogP contribution in [0.4, 0.5) is 5.69 Å². The van der Waals surface area contributed by atoms with Gasteiger partial charge in [0.15, 0.2) is 0 Å². The smallest absolute Gasteiger partial charge is 0.243 e. The molecular weight excluding hydrogens is 474 g/mol. The van der Waals surface area contributed by atoms with Gasteiger partial charge in [-0.1, -0.05) is 19.3 Å². The van der Waals surface area contributed by atoms with Gasteiger partial charge < -0.3 is 9.80 Å². The van der Waals surface area contributed by atoms with Crippen LogP contribution in [-0.2, 0) is 20.0 Å². The van der Waals surface area contributed by atoms with Gasteiger partial charge in [-0.3, -0.25) is 4.90 Å². The molecule has 0 amide bonds. The minimum atomic E-state index is -4.10. The van der Waals surface area contributed by atoms with E-state index >= 15 is 0 Å². The molecule has 192 valence electrons. The number of anilines is 1. The number of piperazine rings is 1. The van der Waals surface area contributed by atoms with E-state index in [0.717, 1.165) is 45.4 Å². The van der Waals surface area contributed by atoms with E-state index in [-0.39, 0.29) is 15.8 Å². The summed E-state index contributed by atoms with van der Waals surface area (Å²) in [6.07, 6.45) is 6.20. The molecule has 0 aromatic heterocycles. The Morgan fingerprint density at radius 2 is 1.68 bits per heavy atom. The third kappa shape index (κ3) is 5.76. The summed E-state index contributed by atoms with van der Waals surface area (Å²) in [5.74, 6) is 0.611. The van der Waals surface area contributed by atoms with E-state index in [0.29, 0.717) is 31.2 Å². The molecule has 11 heteroatoms. The van der Waals surface area contributed by atoms with Gasteiger partial charge in [0.2, 0.25) is 20.0 Å². The van der Waals surface area contributed by atoms with Crippen molar-refractivity contribution < 1.29 is 16.8 Å². The average Bonchev–Trinajstić information content (AvgIpc) is 3.23. The van der Waals surface area contributed by atoms with Crippen molar-refractivity contribution in [3.8, 4) is 0 Å². The summed E-state index contributed by atoms with van der Waals surface area (Å²) in [6.45, 7) is 5.37. The molecule has 2 saturated heterocycles. The van der Waals surface area contributed by atoms with Gasteiger partial charge in [0.05, 0.1) is 10.6 Å². The lowest BCUT2D eigenvalue weighted by atomic mass is 9.80. The Morgan fingerprint density at radius 1 is 0.971 bits per heavy atom. The van der Waals surface area contributed by atoms with E-state index in [4.69, 9.17) is 5.14 Å². The molecule has 1 saturated carbocycles. The largest absolute Gasteiger partial charge is 0.368 e. The van der Waals surface area contributed by atoms with Gasteiger partial charge in [0.1, 0.15) is 4.90 Å². The van der Waals surface area contributed by atoms with Gasteiger partial charge in [-0.25, -0.2) is 22.0 Å². The quantitative estimate of drug-likeness (QED) is 0.531. The maximum absolute atomic E-state index is 13.5. The maximum atomic E-state index is 13.5. The van der Waals surface area contributed by atoms with Crippen molar-refractivity contribution in [2.45, 2.75) is 54.4 Å². The zero-order chi connectivity index (χ0) is 24.5. The monoisotopic (exact) mass is 513 g/mol. The molecule has 2 aliphatic heterocycles. The lowest BCUT2D eigenvalue weighted by Gasteiger charge is -2.37. The Balaban J connectivity index is 1.54. The molecule has 2 N–H and O–H groups in total. The lowest BCUT2D eigenvalue weighted by Crippen LogP contribution is -2.48. The van der Waals surface area contributed by atoms with Crippen molar-refractivity contribution in [2.75, 3.05) is 64.8 Å². The number of rotatable bonds is 9. The van der Waals surface area contributed by atoms with E-state index in [1.807, 2.05) is 19.0 Å². The van der Waals surface area contributed by atoms with Crippen molar-refractivity contribution in [1.29, 1.82) is 0 Å². The summed E-state index contributed by atoms with van der Waals surface area (Å²) in [4.78, 5) is 6.40. The summed E-state index contributed by atoms with van der Waals surface area (Å²) in [7, 11) is -3.80. The molecule has 2 heterocycles. The van der Waals surface area contributed by atoms with Crippen LogP contribution in [0, 0.1) is 5.92 Å². The number of primary sulfonamides is 1. The van der Waals surface area contributed by atoms with Crippen molar-refractivity contribution in [2.24, 2.45) is 11.1 Å². The van der Waals surface area contributed by atoms with Gasteiger partial charge in [-0.2, -0.15) is 4.31 Å². The number of hydrogen-bond acceptors (Lipinski definition) is 7. The molecule has 1 aliphatic carbocycles. The van der Waals surface area contributed by atoms with E-state index in [1.165, 1.54) is 25.3 Å². The molecule has 0 bridgehead atoms. The Kier molecular flexibility index (Phi) is 7.90. The molecule has 0 spiro atoms. The minimum Gasteiger partial charge on any atom is -0.368 e. The number of nitrogens with zero attached hydrogens (tertiary/aromatic N) is 4. The molecule has 3 fully saturated rings. The normalized spacial score (nSPS) is 23.5. The van der Waals surface area contributed by atoms with Crippen molar-refractivity contribution >= 4 is 25.7 Å². The molecular formula is C23H39N5O4S2.